The van der Waals surface area contributed by atoms with Gasteiger partial charge in [0.05, 0.1) is 12.2 Å². The van der Waals surface area contributed by atoms with Crippen molar-refractivity contribution in [3.8, 4) is 11.8 Å². The number of benzene rings is 1. The van der Waals surface area contributed by atoms with Gasteiger partial charge in [0.15, 0.2) is 0 Å². The Hall–Kier alpha value is -1.30. The summed E-state index contributed by atoms with van der Waals surface area (Å²) in [5.74, 6) is 6.03. The minimum Gasteiger partial charge on any atom is -0.377 e. The first kappa shape index (κ1) is 12.2. The van der Waals surface area contributed by atoms with Crippen LogP contribution in [0.2, 0.25) is 0 Å². The van der Waals surface area contributed by atoms with E-state index in [2.05, 4.69) is 11.8 Å². The third-order valence-electron chi connectivity index (χ3n) is 2.94. The van der Waals surface area contributed by atoms with Crippen LogP contribution < -0.4 is 0 Å². The molecule has 0 aromatic heterocycles. The molecule has 1 fully saturated rings. The van der Waals surface area contributed by atoms with Gasteiger partial charge < -0.3 is 9.84 Å². The molecule has 0 bridgehead atoms. The molecule has 0 amide bonds. The van der Waals surface area contributed by atoms with Crippen molar-refractivity contribution in [2.24, 2.45) is 0 Å². The molecule has 1 unspecified atom stereocenters. The molecule has 2 rings (SSSR count). The lowest BCUT2D eigenvalue weighted by Gasteiger charge is -2.38. The van der Waals surface area contributed by atoms with Crippen LogP contribution in [0.3, 0.4) is 0 Å². The van der Waals surface area contributed by atoms with E-state index in [4.69, 9.17) is 4.74 Å². The van der Waals surface area contributed by atoms with Crippen molar-refractivity contribution in [3.05, 3.63) is 35.9 Å². The summed E-state index contributed by atoms with van der Waals surface area (Å²) in [6, 6.07) is 9.74. The van der Waals surface area contributed by atoms with Crippen molar-refractivity contribution in [1.29, 1.82) is 0 Å². The molecule has 0 radical (unpaired) electrons. The summed E-state index contributed by atoms with van der Waals surface area (Å²) in [5.41, 5.74) is -0.277. The third kappa shape index (κ3) is 3.33. The Kier molecular flexibility index (Phi) is 3.24. The Morgan fingerprint density at radius 1 is 1.24 bits per heavy atom. The fraction of sp³-hybridized carbons (Fsp3) is 0.467. The molecule has 1 saturated heterocycles. The quantitative estimate of drug-likeness (QED) is 0.693. The van der Waals surface area contributed by atoms with E-state index in [0.29, 0.717) is 19.4 Å². The Bertz CT molecular complexity index is 439. The van der Waals surface area contributed by atoms with Gasteiger partial charge in [0.25, 0.3) is 0 Å². The van der Waals surface area contributed by atoms with Crippen LogP contribution in [0.25, 0.3) is 0 Å². The molecule has 1 aromatic rings. The molecular formula is C15H18O2. The first-order chi connectivity index (χ1) is 7.99. The first-order valence-electron chi connectivity index (χ1n) is 5.94. The topological polar surface area (TPSA) is 29.5 Å². The van der Waals surface area contributed by atoms with Crippen LogP contribution in [-0.2, 0) is 4.74 Å². The van der Waals surface area contributed by atoms with E-state index >= 15 is 0 Å². The molecule has 1 heterocycles. The van der Waals surface area contributed by atoms with Gasteiger partial charge >= 0.3 is 0 Å². The highest BCUT2D eigenvalue weighted by atomic mass is 16.5. The second-order valence-electron chi connectivity index (χ2n) is 5.18. The van der Waals surface area contributed by atoms with Gasteiger partial charge in [0.1, 0.15) is 5.60 Å². The highest BCUT2D eigenvalue weighted by Crippen LogP contribution is 2.31. The van der Waals surface area contributed by atoms with Crippen molar-refractivity contribution in [2.75, 3.05) is 6.61 Å². The Balaban J connectivity index is 2.15. The monoisotopic (exact) mass is 230 g/mol. The van der Waals surface area contributed by atoms with Crippen LogP contribution >= 0.6 is 0 Å². The van der Waals surface area contributed by atoms with Crippen LogP contribution in [-0.4, -0.2) is 22.9 Å². The van der Waals surface area contributed by atoms with E-state index in [9.17, 15) is 5.11 Å². The molecule has 1 aliphatic heterocycles. The largest absolute Gasteiger partial charge is 0.377 e. The van der Waals surface area contributed by atoms with Crippen molar-refractivity contribution in [2.45, 2.75) is 37.9 Å². The minimum atomic E-state index is -0.919. The van der Waals surface area contributed by atoms with Gasteiger partial charge in [-0.25, -0.2) is 0 Å². The summed E-state index contributed by atoms with van der Waals surface area (Å²) in [6.45, 7) is 4.54. The zero-order chi connectivity index (χ0) is 12.4. The average molecular weight is 230 g/mol. The van der Waals surface area contributed by atoms with Crippen molar-refractivity contribution >= 4 is 0 Å². The maximum Gasteiger partial charge on any atom is 0.130 e. The van der Waals surface area contributed by atoms with Crippen molar-refractivity contribution in [1.82, 2.24) is 0 Å². The smallest absolute Gasteiger partial charge is 0.130 e. The number of aliphatic hydroxyl groups is 1. The molecule has 1 aromatic carbocycles. The Labute approximate surface area is 103 Å². The molecule has 2 heteroatoms. The van der Waals surface area contributed by atoms with E-state index in [1.165, 1.54) is 0 Å². The molecular weight excluding hydrogens is 212 g/mol. The number of hydrogen-bond donors (Lipinski definition) is 1. The molecule has 1 atom stereocenters. The van der Waals surface area contributed by atoms with E-state index in [1.54, 1.807) is 0 Å². The predicted octanol–water partition coefficient (Wildman–Crippen LogP) is 2.36. The lowest BCUT2D eigenvalue weighted by Crippen LogP contribution is -2.44. The molecule has 0 spiro atoms. The Morgan fingerprint density at radius 2 is 1.94 bits per heavy atom. The zero-order valence-corrected chi connectivity index (χ0v) is 10.4. The first-order valence-corrected chi connectivity index (χ1v) is 5.94. The van der Waals surface area contributed by atoms with Crippen LogP contribution in [0.4, 0.5) is 0 Å². The van der Waals surface area contributed by atoms with Gasteiger partial charge in [-0.2, -0.15) is 0 Å². The van der Waals surface area contributed by atoms with Crippen LogP contribution in [0.1, 0.15) is 32.3 Å². The second-order valence-corrected chi connectivity index (χ2v) is 5.18. The Morgan fingerprint density at radius 3 is 2.59 bits per heavy atom. The van der Waals surface area contributed by atoms with Gasteiger partial charge in [0, 0.05) is 18.4 Å². The molecule has 90 valence electrons. The summed E-state index contributed by atoms with van der Waals surface area (Å²) < 4.78 is 5.59. The number of hydrogen-bond acceptors (Lipinski definition) is 2. The van der Waals surface area contributed by atoms with Gasteiger partial charge in [-0.1, -0.05) is 30.0 Å². The van der Waals surface area contributed by atoms with Crippen molar-refractivity contribution in [3.63, 3.8) is 0 Å². The van der Waals surface area contributed by atoms with Crippen molar-refractivity contribution < 1.29 is 9.84 Å². The normalized spacial score (nSPS) is 27.0. The van der Waals surface area contributed by atoms with E-state index in [1.807, 2.05) is 44.2 Å². The summed E-state index contributed by atoms with van der Waals surface area (Å²) in [5, 5.41) is 10.4. The molecule has 1 aliphatic rings. The van der Waals surface area contributed by atoms with E-state index in [-0.39, 0.29) is 5.60 Å². The third-order valence-corrected chi connectivity index (χ3v) is 2.94. The summed E-state index contributed by atoms with van der Waals surface area (Å²) in [7, 11) is 0. The SMILES string of the molecule is CC1(C)CC(O)(C#Cc2ccccc2)CCO1. The second kappa shape index (κ2) is 4.52. The van der Waals surface area contributed by atoms with Crippen LogP contribution in [0.15, 0.2) is 30.3 Å². The van der Waals surface area contributed by atoms with E-state index in [0.717, 1.165) is 5.56 Å². The van der Waals surface area contributed by atoms with Gasteiger partial charge in [-0.05, 0) is 26.0 Å². The summed E-state index contributed by atoms with van der Waals surface area (Å²) in [6.07, 6.45) is 1.14. The summed E-state index contributed by atoms with van der Waals surface area (Å²) in [4.78, 5) is 0. The maximum absolute atomic E-state index is 10.4. The van der Waals surface area contributed by atoms with Gasteiger partial charge in [-0.3, -0.25) is 0 Å². The predicted molar refractivity (Wildman–Crippen MR) is 67.5 cm³/mol. The fourth-order valence-electron chi connectivity index (χ4n) is 2.16. The standard InChI is InChI=1S/C15H18O2/c1-14(2)12-15(16,10-11-17-14)9-8-13-6-4-3-5-7-13/h3-7,16H,10-12H2,1-2H3. The molecule has 2 nitrogen and oxygen atoms in total. The highest BCUT2D eigenvalue weighted by Gasteiger charge is 2.38. The lowest BCUT2D eigenvalue weighted by molar-refractivity contribution is -0.120. The van der Waals surface area contributed by atoms with E-state index < -0.39 is 5.60 Å². The number of rotatable bonds is 0. The van der Waals surface area contributed by atoms with Gasteiger partial charge in [0.2, 0.25) is 0 Å². The fourth-order valence-corrected chi connectivity index (χ4v) is 2.16. The summed E-state index contributed by atoms with van der Waals surface area (Å²) >= 11 is 0. The maximum atomic E-state index is 10.4. The van der Waals surface area contributed by atoms with Crippen LogP contribution in [0, 0.1) is 11.8 Å². The molecule has 1 N–H and O–H groups in total. The molecule has 0 aliphatic carbocycles. The molecule has 0 saturated carbocycles. The minimum absolute atomic E-state index is 0.293. The number of ether oxygens (including phenoxy) is 1. The zero-order valence-electron chi connectivity index (χ0n) is 10.4. The molecule has 17 heavy (non-hydrogen) atoms. The van der Waals surface area contributed by atoms with Gasteiger partial charge in [-0.15, -0.1) is 0 Å². The average Bonchev–Trinajstić information content (AvgIpc) is 2.26. The lowest BCUT2D eigenvalue weighted by atomic mass is 9.84. The highest BCUT2D eigenvalue weighted by molar-refractivity contribution is 5.36. The van der Waals surface area contributed by atoms with Crippen LogP contribution in [0.5, 0.6) is 0 Å².